The number of aromatic carboxylic acids is 1. The summed E-state index contributed by atoms with van der Waals surface area (Å²) in [6.45, 7) is 25.7. The van der Waals surface area contributed by atoms with E-state index < -0.39 is 214 Å². The van der Waals surface area contributed by atoms with Gasteiger partial charge in [-0.15, -0.1) is 0 Å². The Labute approximate surface area is 661 Å². The van der Waals surface area contributed by atoms with Gasteiger partial charge in [0, 0.05) is 54.5 Å². The first-order valence-corrected chi connectivity index (χ1v) is 41.1. The third kappa shape index (κ3) is 18.2. The van der Waals surface area contributed by atoms with Crippen molar-refractivity contribution < 1.29 is 100 Å². The van der Waals surface area contributed by atoms with Gasteiger partial charge in [-0.2, -0.15) is 0 Å². The van der Waals surface area contributed by atoms with Gasteiger partial charge in [0.05, 0.1) is 91.2 Å². The van der Waals surface area contributed by atoms with Gasteiger partial charge in [0.15, 0.2) is 11.6 Å². The number of halogens is 9. The van der Waals surface area contributed by atoms with E-state index in [9.17, 15) is 72.1 Å². The number of hydrogen-bond donors (Lipinski definition) is 3. The van der Waals surface area contributed by atoms with E-state index in [4.69, 9.17) is 35.8 Å². The number of aliphatic imine (C=N–C) groups is 3. The summed E-state index contributed by atoms with van der Waals surface area (Å²) in [6, 6.07) is 12.1. The Bertz CT molecular complexity index is 5290. The quantitative estimate of drug-likeness (QED) is 0.0379. The average molecular weight is 1680 g/mol. The predicted molar refractivity (Wildman–Crippen MR) is 412 cm³/mol. The van der Waals surface area contributed by atoms with E-state index in [0.717, 1.165) is 24.4 Å². The molecule has 5 aromatic heterocycles. The van der Waals surface area contributed by atoms with Crippen molar-refractivity contribution >= 4 is 87.7 Å². The Morgan fingerprint density at radius 1 is 0.452 bits per heavy atom. The van der Waals surface area contributed by atoms with Crippen molar-refractivity contribution in [2.24, 2.45) is 33.8 Å². The van der Waals surface area contributed by atoms with Crippen LogP contribution in [0.2, 0.25) is 0 Å². The second-order valence-electron chi connectivity index (χ2n) is 34.0. The average Bonchev–Trinajstić information content (AvgIpc) is 0.707. The maximum absolute atomic E-state index is 15.7. The van der Waals surface area contributed by atoms with Crippen molar-refractivity contribution in [3.63, 3.8) is 0 Å². The highest BCUT2D eigenvalue weighted by molar-refractivity contribution is 7.97. The molecule has 38 heteroatoms. The molecule has 115 heavy (non-hydrogen) atoms. The Morgan fingerprint density at radius 2 is 0.783 bits per heavy atom. The molecule has 0 unspecified atom stereocenters. The van der Waals surface area contributed by atoms with Gasteiger partial charge < -0.3 is 30.8 Å². The standard InChI is InChI=1S/C33H41F3N4O6S.C23H24F3N5O4S.C21H29F3N4O3S/c1-29(2,3)45-26(42)15-24-31(7,8)47(44)25(16-33(35,36)18-38-47)32(9,40-24)27-21(34)12-11-20(39-27)14-23(41)22-13-10-19(17-37-22)28(43)46-30(4,5)6;1-21(2)20(27)31-22(3,17-9-23(25,26)11-29-36(17,21)35)18-14(24)6-5-13(30-18)8-16(32)15-7-4-12(10-28-15)19(33)34;1-18(2,3)31-16(29)9-13-19(4,5)32(30)14(10-21(23,24)11-26-32)20(6,28-13)17-12(22)7-8-15(25)27-17/h10-13,17,25H,14-16,18H2,1-9H3;4-7,10,17H,8-9,11H2,1-3H3,(H2,27,31)(H,33,34);7-8,14H,9-11H2,1-6H3,(H2,25,27)/t25-,32+,47-;17-,22+,36-;14-,20+,32-/m111/s1. The van der Waals surface area contributed by atoms with E-state index in [-0.39, 0.29) is 87.6 Å². The number of esters is 3. The third-order valence-corrected chi connectivity index (χ3v) is 31.3. The van der Waals surface area contributed by atoms with Gasteiger partial charge in [0.1, 0.15) is 115 Å². The highest BCUT2D eigenvalue weighted by atomic mass is 32.2. The van der Waals surface area contributed by atoms with Gasteiger partial charge in [-0.3, -0.25) is 54.1 Å². The number of ketones is 2. The zero-order valence-electron chi connectivity index (χ0n) is 66.8. The van der Waals surface area contributed by atoms with E-state index in [1.165, 1.54) is 97.1 Å². The van der Waals surface area contributed by atoms with Crippen LogP contribution >= 0.6 is 0 Å². The number of rotatable bonds is 15. The predicted octanol–water partition coefficient (Wildman–Crippen LogP) is 12.9. The Balaban J connectivity index is 0.000000202. The van der Waals surface area contributed by atoms with Crippen LogP contribution < -0.4 is 11.5 Å². The maximum atomic E-state index is 15.7. The van der Waals surface area contributed by atoms with E-state index >= 15 is 8.78 Å². The van der Waals surface area contributed by atoms with Crippen LogP contribution in [0.25, 0.3) is 0 Å². The van der Waals surface area contributed by atoms with Crippen molar-refractivity contribution in [1.29, 1.82) is 0 Å². The molecule has 0 bridgehead atoms. The lowest BCUT2D eigenvalue weighted by molar-refractivity contribution is -0.154. The number of hydrogen-bond acceptors (Lipinski definition) is 25. The molecule has 0 amide bonds. The molecule has 11 heterocycles. The first kappa shape index (κ1) is 89.7. The van der Waals surface area contributed by atoms with Crippen LogP contribution in [0, 0.1) is 17.5 Å². The van der Waals surface area contributed by atoms with Crippen LogP contribution in [0.3, 0.4) is 0 Å². The number of aromatic nitrogens is 5. The highest BCUT2D eigenvalue weighted by Gasteiger charge is 2.64. The van der Waals surface area contributed by atoms with Gasteiger partial charge in [0.2, 0.25) is 0 Å². The summed E-state index contributed by atoms with van der Waals surface area (Å²) in [5, 5.41) is 4.75. The molecule has 5 aromatic rings. The SMILES string of the molecule is CC(C)(C)OC(=O)CC1=N[C@](C)(c2nc(CC(=O)c3ccc(C(=O)OC(C)(C)C)cn3)ccc2F)[C@H]2CC(F)(F)CN=[S@]2(=O)C1(C)C.CC(C)(C)OC(=O)CC1=N[C@](C)(c2nc(N)ccc2F)[C@H]2CC(F)(F)CN=[S@]2(=O)C1(C)C.CC1(C)C(N)=N[C@](C)(c2nc(CC(=O)c3ccc(C(=O)O)cn3)ccc2F)[C@H]2CC(F)(F)CN=[S@@]21=O. The van der Waals surface area contributed by atoms with Crippen LogP contribution in [0.4, 0.5) is 45.3 Å². The number of carbonyl (C=O) groups excluding carboxylic acids is 5. The van der Waals surface area contributed by atoms with E-state index in [1.807, 2.05) is 0 Å². The van der Waals surface area contributed by atoms with Crippen LogP contribution in [0.5, 0.6) is 0 Å². The van der Waals surface area contributed by atoms with Gasteiger partial charge >= 0.3 is 23.9 Å². The van der Waals surface area contributed by atoms with Gasteiger partial charge in [-0.05, 0) is 185 Å². The number of pyridine rings is 5. The number of amidine groups is 1. The van der Waals surface area contributed by atoms with Crippen LogP contribution in [-0.2, 0) is 82.4 Å². The smallest absolute Gasteiger partial charge is 0.340 e. The molecule has 26 nitrogen and oxygen atoms in total. The topological polar surface area (TPSA) is 392 Å². The first-order chi connectivity index (χ1) is 52.4. The van der Waals surface area contributed by atoms with Crippen molar-refractivity contribution in [3.8, 4) is 0 Å². The molecular formula is C77H94F9N13O13S3. The molecule has 6 aliphatic rings. The summed E-state index contributed by atoms with van der Waals surface area (Å²) in [7, 11) is -10.5. The van der Waals surface area contributed by atoms with Crippen LogP contribution in [0.15, 0.2) is 101 Å². The number of nitrogen functional groups attached to an aromatic ring is 1. The molecule has 0 aliphatic carbocycles. The number of nitrogens with zero attached hydrogens (tertiary/aromatic N) is 11. The summed E-state index contributed by atoms with van der Waals surface area (Å²) < 4.78 is 200. The number of fused-ring (bicyclic) bond motifs is 3. The molecule has 11 rings (SSSR count). The van der Waals surface area contributed by atoms with Gasteiger partial charge in [0.25, 0.3) is 17.8 Å². The lowest BCUT2D eigenvalue weighted by atomic mass is 9.87. The molecule has 0 radical (unpaired) electrons. The van der Waals surface area contributed by atoms with Gasteiger partial charge in [-0.25, -0.2) is 79.8 Å². The minimum Gasteiger partial charge on any atom is -0.478 e. The Morgan fingerprint density at radius 3 is 1.12 bits per heavy atom. The largest absolute Gasteiger partial charge is 0.478 e. The number of carbonyl (C=O) groups is 6. The third-order valence-electron chi connectivity index (χ3n) is 20.5. The van der Waals surface area contributed by atoms with E-state index in [1.54, 1.807) is 76.2 Å². The van der Waals surface area contributed by atoms with Crippen molar-refractivity contribution in [2.75, 3.05) is 25.4 Å². The minimum atomic E-state index is -3.61. The fourth-order valence-electron chi connectivity index (χ4n) is 14.2. The highest BCUT2D eigenvalue weighted by Crippen LogP contribution is 2.54. The zero-order valence-corrected chi connectivity index (χ0v) is 69.2. The summed E-state index contributed by atoms with van der Waals surface area (Å²) >= 11 is 0. The number of anilines is 1. The first-order valence-electron chi connectivity index (χ1n) is 36.3. The molecule has 6 aliphatic heterocycles. The Kier molecular flexibility index (Phi) is 23.9. The van der Waals surface area contributed by atoms with Crippen molar-refractivity contribution in [2.45, 2.75) is 251 Å². The molecule has 5 N–H and O–H groups in total. The molecular weight excluding hydrogens is 1580 g/mol. The summed E-state index contributed by atoms with van der Waals surface area (Å²) in [4.78, 5) is 109. The maximum Gasteiger partial charge on any atom is 0.340 e. The number of alkyl halides is 6. The van der Waals surface area contributed by atoms with Crippen molar-refractivity contribution in [1.82, 2.24) is 24.9 Å². The summed E-state index contributed by atoms with van der Waals surface area (Å²) in [5.74, 6) is -16.8. The second-order valence-corrected chi connectivity index (χ2v) is 43.0. The fraction of sp³-hybridized carbons (Fsp3) is 0.558. The molecule has 0 aromatic carbocycles. The number of carboxylic acids is 1. The lowest BCUT2D eigenvalue weighted by Crippen LogP contribution is -2.62. The van der Waals surface area contributed by atoms with Crippen molar-refractivity contribution in [3.05, 3.63) is 141 Å². The van der Waals surface area contributed by atoms with Crippen LogP contribution in [0.1, 0.15) is 227 Å². The number of carboxylic acid groups (broad SMARTS) is 1. The number of nitrogens with two attached hydrogens (primary N) is 2. The van der Waals surface area contributed by atoms with E-state index in [0.29, 0.717) is 0 Å². The normalized spacial score (nSPS) is 27.8. The molecule has 0 saturated heterocycles. The van der Waals surface area contributed by atoms with Gasteiger partial charge in [-0.1, -0.05) is 0 Å². The molecule has 0 fully saturated rings. The molecule has 9 atom stereocenters. The second kappa shape index (κ2) is 30.7. The summed E-state index contributed by atoms with van der Waals surface area (Å²) in [6.07, 6.45) is -1.80. The molecule has 0 spiro atoms. The number of ether oxygens (including phenoxy) is 3. The number of Topliss-reactive ketones (excluding diaryl/α,β-unsaturated/α-hetero) is 2. The minimum absolute atomic E-state index is 0.00187. The molecule has 626 valence electrons. The van der Waals surface area contributed by atoms with Crippen LogP contribution in [-0.4, -0.2) is 180 Å². The Hall–Kier alpha value is -9.20. The van der Waals surface area contributed by atoms with E-state index in [2.05, 4.69) is 48.0 Å². The zero-order chi connectivity index (χ0) is 86.4. The monoisotopic (exact) mass is 1680 g/mol. The lowest BCUT2D eigenvalue weighted by Gasteiger charge is -2.49. The fourth-order valence-corrected chi connectivity index (χ4v) is 24.0. The summed E-state index contributed by atoms with van der Waals surface area (Å²) in [5.41, 5.74) is 3.24. The molecule has 0 saturated carbocycles.